The highest BCUT2D eigenvalue weighted by Gasteiger charge is 2.32. The number of nitrogens with zero attached hydrogens (tertiary/aromatic N) is 3. The molecule has 0 unspecified atom stereocenters. The predicted octanol–water partition coefficient (Wildman–Crippen LogP) is 3.44. The molecule has 0 fully saturated rings. The number of hydrogen-bond donors (Lipinski definition) is 0. The first kappa shape index (κ1) is 12.6. The minimum atomic E-state index is 0.666. The first-order chi connectivity index (χ1) is 10.3. The highest BCUT2D eigenvalue weighted by Crippen LogP contribution is 2.44. The Morgan fingerprint density at radius 2 is 2.33 bits per heavy atom. The Morgan fingerprint density at radius 3 is 3.14 bits per heavy atom. The largest absolute Gasteiger partial charge is 0.337 e. The van der Waals surface area contributed by atoms with Crippen molar-refractivity contribution < 1.29 is 0 Å². The van der Waals surface area contributed by atoms with E-state index in [9.17, 15) is 5.26 Å². The Kier molecular flexibility index (Phi) is 3.03. The summed E-state index contributed by atoms with van der Waals surface area (Å²) in [6.07, 6.45) is 11.8. The van der Waals surface area contributed by atoms with Crippen LogP contribution in [0, 0.1) is 17.2 Å². The van der Waals surface area contributed by atoms with Crippen LogP contribution in [0.4, 0.5) is 0 Å². The average molecular weight is 277 g/mol. The third-order valence-electron chi connectivity index (χ3n) is 5.11. The van der Waals surface area contributed by atoms with E-state index in [4.69, 9.17) is 0 Å². The van der Waals surface area contributed by atoms with Crippen LogP contribution in [0.1, 0.15) is 47.4 Å². The highest BCUT2D eigenvalue weighted by molar-refractivity contribution is 5.50. The van der Waals surface area contributed by atoms with Crippen LogP contribution in [-0.4, -0.2) is 9.55 Å². The Bertz CT molecular complexity index is 694. The second-order valence-electron chi connectivity index (χ2n) is 6.43. The number of benzene rings is 1. The van der Waals surface area contributed by atoms with Gasteiger partial charge in [-0.2, -0.15) is 5.26 Å². The van der Waals surface area contributed by atoms with Crippen LogP contribution in [-0.2, 0) is 19.4 Å². The molecule has 0 aliphatic heterocycles. The minimum absolute atomic E-state index is 0.666. The molecule has 0 saturated heterocycles. The first-order valence-corrected chi connectivity index (χ1v) is 7.85. The summed E-state index contributed by atoms with van der Waals surface area (Å²) in [7, 11) is 0. The summed E-state index contributed by atoms with van der Waals surface area (Å²) >= 11 is 0. The lowest BCUT2D eigenvalue weighted by Crippen LogP contribution is -2.26. The lowest BCUT2D eigenvalue weighted by Gasteiger charge is -2.36. The van der Waals surface area contributed by atoms with Crippen molar-refractivity contribution in [2.24, 2.45) is 5.92 Å². The molecular weight excluding hydrogens is 258 g/mol. The van der Waals surface area contributed by atoms with Gasteiger partial charge in [0.15, 0.2) is 0 Å². The van der Waals surface area contributed by atoms with E-state index >= 15 is 0 Å². The Labute approximate surface area is 125 Å². The second kappa shape index (κ2) is 5.04. The van der Waals surface area contributed by atoms with Crippen molar-refractivity contribution in [3.63, 3.8) is 0 Å². The van der Waals surface area contributed by atoms with Gasteiger partial charge in [-0.25, -0.2) is 4.98 Å². The quantitative estimate of drug-likeness (QED) is 0.843. The van der Waals surface area contributed by atoms with Crippen molar-refractivity contribution in [1.82, 2.24) is 9.55 Å². The van der Waals surface area contributed by atoms with Crippen molar-refractivity contribution in [3.05, 3.63) is 53.1 Å². The fourth-order valence-electron chi connectivity index (χ4n) is 4.31. The van der Waals surface area contributed by atoms with Gasteiger partial charge >= 0.3 is 0 Å². The van der Waals surface area contributed by atoms with Gasteiger partial charge in [0.1, 0.15) is 0 Å². The maximum Gasteiger partial charge on any atom is 0.0994 e. The molecule has 0 bridgehead atoms. The Morgan fingerprint density at radius 1 is 1.38 bits per heavy atom. The van der Waals surface area contributed by atoms with Crippen molar-refractivity contribution in [3.8, 4) is 6.07 Å². The molecule has 2 aliphatic rings. The molecular formula is C18H19N3. The van der Waals surface area contributed by atoms with E-state index in [1.165, 1.54) is 36.0 Å². The van der Waals surface area contributed by atoms with Gasteiger partial charge in [-0.1, -0.05) is 6.07 Å². The van der Waals surface area contributed by atoms with Gasteiger partial charge in [-0.3, -0.25) is 0 Å². The molecule has 3 nitrogen and oxygen atoms in total. The summed E-state index contributed by atoms with van der Waals surface area (Å²) in [6, 6.07) is 6.63. The zero-order valence-electron chi connectivity index (χ0n) is 12.1. The van der Waals surface area contributed by atoms with Crippen molar-refractivity contribution in [2.75, 3.05) is 0 Å². The molecule has 1 aromatic carbocycles. The molecule has 0 saturated carbocycles. The third kappa shape index (κ3) is 2.15. The fraction of sp³-hybridized carbons (Fsp3) is 0.444. The maximum absolute atomic E-state index is 9.32. The van der Waals surface area contributed by atoms with Crippen molar-refractivity contribution in [1.29, 1.82) is 5.26 Å². The van der Waals surface area contributed by atoms with Crippen LogP contribution >= 0.6 is 0 Å². The normalized spacial score (nSPS) is 23.4. The monoisotopic (exact) mass is 277 g/mol. The van der Waals surface area contributed by atoms with E-state index in [0.717, 1.165) is 24.9 Å². The van der Waals surface area contributed by atoms with Crippen LogP contribution in [0.5, 0.6) is 0 Å². The van der Waals surface area contributed by atoms with Gasteiger partial charge in [0, 0.05) is 18.9 Å². The highest BCUT2D eigenvalue weighted by atomic mass is 15.0. The van der Waals surface area contributed by atoms with Gasteiger partial charge in [0.05, 0.1) is 18.0 Å². The van der Waals surface area contributed by atoms with E-state index in [1.54, 1.807) is 0 Å². The summed E-state index contributed by atoms with van der Waals surface area (Å²) in [6.45, 7) is 1.06. The molecule has 4 rings (SSSR count). The summed E-state index contributed by atoms with van der Waals surface area (Å²) in [5, 5.41) is 9.32. The Balaban J connectivity index is 1.68. The summed E-state index contributed by atoms with van der Waals surface area (Å²) in [4.78, 5) is 4.15. The maximum atomic E-state index is 9.32. The molecule has 0 amide bonds. The second-order valence-corrected chi connectivity index (χ2v) is 6.43. The molecule has 1 heterocycles. The van der Waals surface area contributed by atoms with Crippen LogP contribution in [0.25, 0.3) is 0 Å². The van der Waals surface area contributed by atoms with Gasteiger partial charge in [0.25, 0.3) is 0 Å². The zero-order chi connectivity index (χ0) is 14.2. The molecule has 1 aromatic heterocycles. The molecule has 2 aliphatic carbocycles. The summed E-state index contributed by atoms with van der Waals surface area (Å²) in [5.41, 5.74) is 5.28. The molecule has 0 spiro atoms. The van der Waals surface area contributed by atoms with Gasteiger partial charge < -0.3 is 4.57 Å². The summed E-state index contributed by atoms with van der Waals surface area (Å²) in [5.74, 6) is 1.36. The Hall–Kier alpha value is -2.08. The third-order valence-corrected chi connectivity index (χ3v) is 5.11. The lowest BCUT2D eigenvalue weighted by atomic mass is 9.69. The molecule has 106 valence electrons. The van der Waals surface area contributed by atoms with E-state index in [0.29, 0.717) is 11.8 Å². The average Bonchev–Trinajstić information content (AvgIpc) is 3.01. The minimum Gasteiger partial charge on any atom is -0.337 e. The number of nitriles is 1. The predicted molar refractivity (Wildman–Crippen MR) is 80.9 cm³/mol. The SMILES string of the molecule is N#Cc1ccc2c3c1CCC[C@H]3C[C@@H](Cn1ccnc1)C2. The van der Waals surface area contributed by atoms with Crippen LogP contribution in [0.3, 0.4) is 0 Å². The molecule has 2 atom stereocenters. The van der Waals surface area contributed by atoms with Crippen molar-refractivity contribution in [2.45, 2.75) is 44.6 Å². The molecule has 21 heavy (non-hydrogen) atoms. The van der Waals surface area contributed by atoms with Crippen LogP contribution in [0.15, 0.2) is 30.9 Å². The van der Waals surface area contributed by atoms with E-state index in [1.807, 2.05) is 18.6 Å². The van der Waals surface area contributed by atoms with Gasteiger partial charge in [-0.05, 0) is 66.7 Å². The van der Waals surface area contributed by atoms with Crippen LogP contribution < -0.4 is 0 Å². The molecule has 0 N–H and O–H groups in total. The van der Waals surface area contributed by atoms with Gasteiger partial charge in [0.2, 0.25) is 0 Å². The smallest absolute Gasteiger partial charge is 0.0994 e. The van der Waals surface area contributed by atoms with E-state index in [2.05, 4.69) is 27.9 Å². The number of rotatable bonds is 2. The van der Waals surface area contributed by atoms with Gasteiger partial charge in [-0.15, -0.1) is 0 Å². The number of hydrogen-bond acceptors (Lipinski definition) is 2. The zero-order valence-corrected chi connectivity index (χ0v) is 12.1. The standard InChI is InChI=1S/C18H19N3/c19-10-16-5-4-15-9-13(11-21-7-6-20-12-21)8-14-2-1-3-17(16)18(14)15/h4-7,12-14H,1-3,8-9,11H2/t13-,14+/m1/s1. The number of imidazole rings is 1. The lowest BCUT2D eigenvalue weighted by molar-refractivity contribution is 0.334. The first-order valence-electron chi connectivity index (χ1n) is 7.85. The number of aromatic nitrogens is 2. The van der Waals surface area contributed by atoms with Crippen molar-refractivity contribution >= 4 is 0 Å². The fourth-order valence-corrected chi connectivity index (χ4v) is 4.31. The molecule has 2 aromatic rings. The molecule has 0 radical (unpaired) electrons. The van der Waals surface area contributed by atoms with Crippen LogP contribution in [0.2, 0.25) is 0 Å². The molecule has 3 heteroatoms. The van der Waals surface area contributed by atoms with E-state index < -0.39 is 0 Å². The van der Waals surface area contributed by atoms with E-state index in [-0.39, 0.29) is 0 Å². The topological polar surface area (TPSA) is 41.6 Å². The summed E-state index contributed by atoms with van der Waals surface area (Å²) < 4.78 is 2.20.